The van der Waals surface area contributed by atoms with E-state index in [2.05, 4.69) is 16.9 Å². The predicted molar refractivity (Wildman–Crippen MR) is 92.8 cm³/mol. The Hall–Kier alpha value is -1.20. The molecule has 0 saturated carbocycles. The second kappa shape index (κ2) is 7.38. The highest BCUT2D eigenvalue weighted by molar-refractivity contribution is 7.58. The zero-order valence-corrected chi connectivity index (χ0v) is 14.8. The molecule has 0 atom stereocenters. The summed E-state index contributed by atoms with van der Waals surface area (Å²) in [4.78, 5) is 4.46. The van der Waals surface area contributed by atoms with E-state index in [-0.39, 0.29) is 0 Å². The number of anilines is 1. The molecule has 1 aromatic heterocycles. The molecule has 0 aliphatic carbocycles. The number of hydrogen-bond donors (Lipinski definition) is 1. The molecule has 0 aliphatic heterocycles. The van der Waals surface area contributed by atoms with Gasteiger partial charge in [-0.2, -0.15) is 0 Å². The highest BCUT2D eigenvalue weighted by Gasteiger charge is 2.27. The van der Waals surface area contributed by atoms with Gasteiger partial charge in [0.1, 0.15) is 0 Å². The van der Waals surface area contributed by atoms with Crippen LogP contribution >= 0.6 is 18.9 Å². The number of nitrogens with one attached hydrogen (secondary N) is 1. The molecule has 0 saturated heterocycles. The van der Waals surface area contributed by atoms with Crippen molar-refractivity contribution in [3.63, 3.8) is 0 Å². The van der Waals surface area contributed by atoms with Gasteiger partial charge in [-0.1, -0.05) is 6.58 Å². The van der Waals surface area contributed by atoms with Crippen molar-refractivity contribution < 1.29 is 13.6 Å². The Morgan fingerprint density at radius 3 is 2.68 bits per heavy atom. The van der Waals surface area contributed by atoms with Gasteiger partial charge in [0.15, 0.2) is 0 Å². The van der Waals surface area contributed by atoms with Gasteiger partial charge in [-0.25, -0.2) is 4.98 Å². The zero-order chi connectivity index (χ0) is 16.2. The zero-order valence-electron chi connectivity index (χ0n) is 13.1. The van der Waals surface area contributed by atoms with Gasteiger partial charge in [0.05, 0.1) is 33.8 Å². The molecular weight excluding hydrogens is 319 g/mol. The lowest BCUT2D eigenvalue weighted by molar-refractivity contribution is 0.226. The molecule has 0 amide bonds. The van der Waals surface area contributed by atoms with E-state index in [1.165, 1.54) is 0 Å². The van der Waals surface area contributed by atoms with Crippen molar-refractivity contribution >= 4 is 34.8 Å². The van der Waals surface area contributed by atoms with Crippen LogP contribution in [-0.4, -0.2) is 24.7 Å². The molecule has 2 rings (SSSR count). The Morgan fingerprint density at radius 1 is 1.36 bits per heavy atom. The fraction of sp³-hybridized carbons (Fsp3) is 0.400. The number of nitrogens with zero attached hydrogens (tertiary/aromatic N) is 1. The lowest BCUT2D eigenvalue weighted by Crippen LogP contribution is -2.08. The third-order valence-electron chi connectivity index (χ3n) is 2.98. The summed E-state index contributed by atoms with van der Waals surface area (Å²) in [5.74, 6) is 0. The van der Waals surface area contributed by atoms with Crippen molar-refractivity contribution in [3.05, 3.63) is 35.1 Å². The summed E-state index contributed by atoms with van der Waals surface area (Å²) < 4.78 is 24.3. The van der Waals surface area contributed by atoms with Gasteiger partial charge in [0, 0.05) is 12.2 Å². The van der Waals surface area contributed by atoms with E-state index in [0.717, 1.165) is 20.9 Å². The van der Waals surface area contributed by atoms with Crippen molar-refractivity contribution in [1.82, 2.24) is 4.98 Å². The maximum atomic E-state index is 12.6. The van der Waals surface area contributed by atoms with Crippen LogP contribution in [0.1, 0.15) is 18.9 Å². The van der Waals surface area contributed by atoms with E-state index in [4.69, 9.17) is 9.05 Å². The van der Waals surface area contributed by atoms with Gasteiger partial charge in [0.25, 0.3) is 0 Å². The quantitative estimate of drug-likeness (QED) is 0.700. The van der Waals surface area contributed by atoms with Crippen LogP contribution in [0, 0.1) is 6.92 Å². The van der Waals surface area contributed by atoms with E-state index >= 15 is 0 Å². The van der Waals surface area contributed by atoms with E-state index in [1.807, 2.05) is 25.1 Å². The summed E-state index contributed by atoms with van der Waals surface area (Å²) in [6.07, 6.45) is 0. The van der Waals surface area contributed by atoms with Gasteiger partial charge in [-0.3, -0.25) is 4.57 Å². The normalized spacial score (nSPS) is 11.8. The highest BCUT2D eigenvalue weighted by atomic mass is 32.1. The van der Waals surface area contributed by atoms with Gasteiger partial charge in [-0.15, -0.1) is 11.3 Å². The minimum absolute atomic E-state index is 0.320. The Bertz CT molecular complexity index is 704. The molecule has 0 aliphatic rings. The Balaban J connectivity index is 2.06. The molecule has 0 spiro atoms. The van der Waals surface area contributed by atoms with Crippen molar-refractivity contribution in [2.75, 3.05) is 25.1 Å². The first-order valence-corrected chi connectivity index (χ1v) is 9.53. The minimum atomic E-state index is -3.26. The standard InChI is InChI=1S/C15H21N2O3PS/c1-5-19-21(18,20-6-2)11(3)10-16-13-7-8-15-14(9-13)17-12(4)22-15/h7-9,16H,3,5-6,10H2,1-2,4H3. The highest BCUT2D eigenvalue weighted by Crippen LogP contribution is 2.55. The number of thiazole rings is 1. The van der Waals surface area contributed by atoms with Crippen LogP contribution in [0.2, 0.25) is 0 Å². The summed E-state index contributed by atoms with van der Waals surface area (Å²) in [5.41, 5.74) is 1.86. The average Bonchev–Trinajstić information content (AvgIpc) is 2.84. The fourth-order valence-corrected chi connectivity index (χ4v) is 4.21. The summed E-state index contributed by atoms with van der Waals surface area (Å²) in [6, 6.07) is 5.97. The van der Waals surface area contributed by atoms with Crippen LogP contribution < -0.4 is 5.32 Å². The molecule has 5 nitrogen and oxygen atoms in total. The fourth-order valence-electron chi connectivity index (χ4n) is 2.01. The summed E-state index contributed by atoms with van der Waals surface area (Å²) in [6.45, 7) is 10.4. The molecule has 7 heteroatoms. The molecule has 0 fully saturated rings. The Labute approximate surface area is 134 Å². The van der Waals surface area contributed by atoms with Crippen LogP contribution in [0.5, 0.6) is 0 Å². The lowest BCUT2D eigenvalue weighted by atomic mass is 10.3. The van der Waals surface area contributed by atoms with Crippen LogP contribution in [0.15, 0.2) is 30.1 Å². The number of aromatic nitrogens is 1. The monoisotopic (exact) mass is 340 g/mol. The number of fused-ring (bicyclic) bond motifs is 1. The third-order valence-corrected chi connectivity index (χ3v) is 6.06. The smallest absolute Gasteiger partial charge is 0.358 e. The van der Waals surface area contributed by atoms with E-state index in [9.17, 15) is 4.57 Å². The lowest BCUT2D eigenvalue weighted by Gasteiger charge is -2.19. The minimum Gasteiger partial charge on any atom is -0.381 e. The van der Waals surface area contributed by atoms with Crippen LogP contribution in [0.4, 0.5) is 5.69 Å². The topological polar surface area (TPSA) is 60.5 Å². The Kier molecular flexibility index (Phi) is 5.75. The second-order valence-corrected chi connectivity index (χ2v) is 8.05. The van der Waals surface area contributed by atoms with Gasteiger partial charge < -0.3 is 14.4 Å². The van der Waals surface area contributed by atoms with Gasteiger partial charge in [0.2, 0.25) is 0 Å². The van der Waals surface area contributed by atoms with Crippen molar-refractivity contribution in [2.45, 2.75) is 20.8 Å². The van der Waals surface area contributed by atoms with E-state index in [0.29, 0.717) is 25.1 Å². The molecular formula is C15H21N2O3PS. The summed E-state index contributed by atoms with van der Waals surface area (Å²) in [7, 11) is -3.26. The molecule has 1 aromatic carbocycles. The molecule has 0 bridgehead atoms. The first-order valence-electron chi connectivity index (χ1n) is 7.17. The number of benzene rings is 1. The van der Waals surface area contributed by atoms with Crippen molar-refractivity contribution in [1.29, 1.82) is 0 Å². The molecule has 120 valence electrons. The van der Waals surface area contributed by atoms with Crippen LogP contribution in [0.3, 0.4) is 0 Å². The van der Waals surface area contributed by atoms with E-state index in [1.54, 1.807) is 25.2 Å². The third kappa shape index (κ3) is 3.96. The Morgan fingerprint density at radius 2 is 2.05 bits per heavy atom. The molecule has 2 aromatic rings. The summed E-state index contributed by atoms with van der Waals surface area (Å²) >= 11 is 1.66. The first kappa shape index (κ1) is 17.2. The molecule has 1 N–H and O–H groups in total. The summed E-state index contributed by atoms with van der Waals surface area (Å²) in [5, 5.41) is 4.66. The van der Waals surface area contributed by atoms with Gasteiger partial charge in [-0.05, 0) is 39.0 Å². The van der Waals surface area contributed by atoms with Crippen LogP contribution in [-0.2, 0) is 13.6 Å². The van der Waals surface area contributed by atoms with Crippen molar-refractivity contribution in [3.8, 4) is 0 Å². The SMILES string of the molecule is C=C(CNc1ccc2sc(C)nc2c1)P(=O)(OCC)OCC. The van der Waals surface area contributed by atoms with Crippen LogP contribution in [0.25, 0.3) is 10.2 Å². The predicted octanol–water partition coefficient (Wildman–Crippen LogP) is 4.80. The number of rotatable bonds is 8. The maximum absolute atomic E-state index is 12.6. The average molecular weight is 340 g/mol. The van der Waals surface area contributed by atoms with Crippen molar-refractivity contribution in [2.24, 2.45) is 0 Å². The maximum Gasteiger partial charge on any atom is 0.358 e. The number of aryl methyl sites for hydroxylation is 1. The first-order chi connectivity index (χ1) is 10.5. The number of hydrogen-bond acceptors (Lipinski definition) is 6. The molecule has 22 heavy (non-hydrogen) atoms. The molecule has 0 unspecified atom stereocenters. The molecule has 1 heterocycles. The van der Waals surface area contributed by atoms with E-state index < -0.39 is 7.60 Å². The van der Waals surface area contributed by atoms with Gasteiger partial charge >= 0.3 is 7.60 Å². The molecule has 0 radical (unpaired) electrons. The second-order valence-electron chi connectivity index (χ2n) is 4.67. The largest absolute Gasteiger partial charge is 0.381 e.